The van der Waals surface area contributed by atoms with Crippen LogP contribution in [-0.4, -0.2) is 14.0 Å². The molecule has 0 aromatic heterocycles. The number of esters is 1. The molecule has 2 aromatic rings. The molecule has 10 heteroatoms. The Balaban J connectivity index is 1.77. The number of benzene rings is 2. The molecule has 0 spiro atoms. The summed E-state index contributed by atoms with van der Waals surface area (Å²) < 4.78 is 24.0. The highest BCUT2D eigenvalue weighted by molar-refractivity contribution is 9.13. The van der Waals surface area contributed by atoms with Crippen LogP contribution in [0.5, 0.6) is 11.5 Å². The Hall–Kier alpha value is -1.04. The second-order valence-electron chi connectivity index (χ2n) is 7.96. The Bertz CT molecular complexity index is 1050. The topological polar surface area (TPSA) is 59.3 Å². The van der Waals surface area contributed by atoms with Crippen LogP contribution in [-0.2, 0) is 9.53 Å². The molecule has 0 saturated heterocycles. The molecule has 0 heterocycles. The molecule has 1 aliphatic rings. The first kappa shape index (κ1) is 25.6. The predicted molar refractivity (Wildman–Crippen MR) is 129 cm³/mol. The average molecular weight is 629 g/mol. The van der Waals surface area contributed by atoms with Crippen molar-refractivity contribution in [2.75, 3.05) is 0 Å². The Labute approximate surface area is 217 Å². The third kappa shape index (κ3) is 5.53. The van der Waals surface area contributed by atoms with Crippen LogP contribution in [0.25, 0.3) is 0 Å². The Morgan fingerprint density at radius 2 is 1.88 bits per heavy atom. The summed E-state index contributed by atoms with van der Waals surface area (Å²) in [5, 5.41) is 10.1. The highest BCUT2D eigenvalue weighted by Gasteiger charge is 2.67. The SMILES string of the molecule is CC1(C)[C@H](C(=O)OC(C#N)c2ccc(F)c(Oc3ccc(Cl)cc3)c2)[C@H]1C(Br)C(Cl)(Cl)Br. The molecule has 32 heavy (non-hydrogen) atoms. The summed E-state index contributed by atoms with van der Waals surface area (Å²) >= 11 is 24.7. The fraction of sp³-hybridized carbons (Fsp3) is 0.364. The van der Waals surface area contributed by atoms with Gasteiger partial charge in [0, 0.05) is 10.6 Å². The van der Waals surface area contributed by atoms with E-state index >= 15 is 0 Å². The minimum absolute atomic E-state index is 0.111. The van der Waals surface area contributed by atoms with Gasteiger partial charge >= 0.3 is 5.97 Å². The van der Waals surface area contributed by atoms with Crippen LogP contribution in [0.1, 0.15) is 25.5 Å². The van der Waals surface area contributed by atoms with Crippen LogP contribution in [0.15, 0.2) is 42.5 Å². The van der Waals surface area contributed by atoms with E-state index in [2.05, 4.69) is 31.9 Å². The van der Waals surface area contributed by atoms with Gasteiger partial charge in [-0.25, -0.2) is 4.39 Å². The first-order valence-electron chi connectivity index (χ1n) is 9.40. The highest BCUT2D eigenvalue weighted by Crippen LogP contribution is 2.65. The second kappa shape index (κ2) is 9.68. The zero-order chi connectivity index (χ0) is 23.8. The van der Waals surface area contributed by atoms with Gasteiger partial charge in [0.05, 0.1) is 10.7 Å². The number of alkyl halides is 4. The van der Waals surface area contributed by atoms with E-state index < -0.39 is 37.3 Å². The number of carbonyl (C=O) groups is 1. The van der Waals surface area contributed by atoms with E-state index in [1.807, 2.05) is 19.9 Å². The fourth-order valence-corrected chi connectivity index (χ4v) is 5.30. The smallest absolute Gasteiger partial charge is 0.311 e. The molecule has 1 aliphatic carbocycles. The number of carbonyl (C=O) groups excluding carboxylic acids is 1. The standard InChI is InChI=1S/C22H17Br2Cl3FNO3/c1-21(2)17(19(23)22(24,26)27)18(21)20(30)32-16(10-29)11-3-8-14(28)15(9-11)31-13-6-4-12(25)5-7-13/h3-9,16-19H,1-2H3/t16?,17-,18-,19?/m0/s1. The van der Waals surface area contributed by atoms with E-state index in [0.29, 0.717) is 10.8 Å². The number of hydrogen-bond donors (Lipinski definition) is 0. The van der Waals surface area contributed by atoms with Crippen LogP contribution >= 0.6 is 66.7 Å². The number of nitrogens with zero attached hydrogens (tertiary/aromatic N) is 1. The van der Waals surface area contributed by atoms with E-state index in [9.17, 15) is 14.4 Å². The summed E-state index contributed by atoms with van der Waals surface area (Å²) in [6.45, 7) is 3.78. The van der Waals surface area contributed by atoms with Gasteiger partial charge in [-0.05, 0) is 63.7 Å². The quantitative estimate of drug-likeness (QED) is 0.231. The van der Waals surface area contributed by atoms with Crippen LogP contribution in [0.2, 0.25) is 5.02 Å². The van der Waals surface area contributed by atoms with Crippen molar-refractivity contribution in [3.8, 4) is 17.6 Å². The van der Waals surface area contributed by atoms with E-state index in [1.165, 1.54) is 12.1 Å². The minimum Gasteiger partial charge on any atom is -0.454 e. The summed E-state index contributed by atoms with van der Waals surface area (Å²) in [6.07, 6.45) is -1.25. The molecule has 4 atom stereocenters. The normalized spacial score (nSPS) is 21.2. The number of ether oxygens (including phenoxy) is 2. The molecule has 2 aromatic carbocycles. The maximum atomic E-state index is 14.3. The van der Waals surface area contributed by atoms with Crippen LogP contribution in [0, 0.1) is 34.4 Å². The molecular formula is C22H17Br2Cl3FNO3. The van der Waals surface area contributed by atoms with Crippen molar-refractivity contribution in [1.82, 2.24) is 0 Å². The van der Waals surface area contributed by atoms with Crippen molar-refractivity contribution >= 4 is 72.6 Å². The molecule has 0 bridgehead atoms. The van der Waals surface area contributed by atoms with Gasteiger partial charge in [0.2, 0.25) is 6.10 Å². The van der Waals surface area contributed by atoms with E-state index in [1.54, 1.807) is 24.3 Å². The molecule has 170 valence electrons. The summed E-state index contributed by atoms with van der Waals surface area (Å²) in [6, 6.07) is 12.2. The summed E-state index contributed by atoms with van der Waals surface area (Å²) in [7, 11) is 0. The van der Waals surface area contributed by atoms with Gasteiger partial charge in [0.1, 0.15) is 11.8 Å². The van der Waals surface area contributed by atoms with E-state index in [0.717, 1.165) is 6.07 Å². The molecule has 3 rings (SSSR count). The molecule has 0 radical (unpaired) electrons. The fourth-order valence-electron chi connectivity index (χ4n) is 3.63. The molecule has 4 nitrogen and oxygen atoms in total. The first-order chi connectivity index (χ1) is 14.9. The molecule has 0 amide bonds. The van der Waals surface area contributed by atoms with Gasteiger partial charge in [0.15, 0.2) is 14.8 Å². The largest absolute Gasteiger partial charge is 0.454 e. The maximum absolute atomic E-state index is 14.3. The van der Waals surface area contributed by atoms with Gasteiger partial charge in [-0.15, -0.1) is 0 Å². The maximum Gasteiger partial charge on any atom is 0.311 e. The third-order valence-electron chi connectivity index (χ3n) is 5.44. The average Bonchev–Trinajstić information content (AvgIpc) is 3.29. The predicted octanol–water partition coefficient (Wildman–Crippen LogP) is 7.94. The van der Waals surface area contributed by atoms with E-state index in [-0.39, 0.29) is 17.2 Å². The van der Waals surface area contributed by atoms with Gasteiger partial charge in [0.25, 0.3) is 0 Å². The Morgan fingerprint density at radius 1 is 1.25 bits per heavy atom. The van der Waals surface area contributed by atoms with Gasteiger partial charge in [-0.1, -0.05) is 70.6 Å². The van der Waals surface area contributed by atoms with Crippen LogP contribution in [0.4, 0.5) is 4.39 Å². The van der Waals surface area contributed by atoms with Gasteiger partial charge < -0.3 is 9.47 Å². The molecule has 2 unspecified atom stereocenters. The van der Waals surface area contributed by atoms with Gasteiger partial charge in [-0.2, -0.15) is 5.26 Å². The van der Waals surface area contributed by atoms with Crippen molar-refractivity contribution in [2.45, 2.75) is 28.0 Å². The molecule has 0 N–H and O–H groups in total. The third-order valence-corrected chi connectivity index (χ3v) is 9.06. The number of hydrogen-bond acceptors (Lipinski definition) is 4. The summed E-state index contributed by atoms with van der Waals surface area (Å²) in [4.78, 5) is 12.4. The molecule has 0 aliphatic heterocycles. The zero-order valence-corrected chi connectivity index (χ0v) is 22.2. The van der Waals surface area contributed by atoms with Gasteiger partial charge in [-0.3, -0.25) is 4.79 Å². The zero-order valence-electron chi connectivity index (χ0n) is 16.8. The molecule has 1 fully saturated rings. The van der Waals surface area contributed by atoms with E-state index in [4.69, 9.17) is 44.3 Å². The summed E-state index contributed by atoms with van der Waals surface area (Å²) in [5.74, 6) is -1.69. The van der Waals surface area contributed by atoms with Crippen molar-refractivity contribution < 1.29 is 18.7 Å². The number of rotatable bonds is 7. The lowest BCUT2D eigenvalue weighted by Gasteiger charge is -2.20. The lowest BCUT2D eigenvalue weighted by Crippen LogP contribution is -2.24. The van der Waals surface area contributed by atoms with Crippen molar-refractivity contribution in [1.29, 1.82) is 5.26 Å². The van der Waals surface area contributed by atoms with Crippen molar-refractivity contribution in [3.05, 3.63) is 58.9 Å². The Kier molecular flexibility index (Phi) is 7.73. The number of halogens is 6. The number of nitriles is 1. The second-order valence-corrected chi connectivity index (χ2v) is 12.9. The van der Waals surface area contributed by atoms with Crippen LogP contribution in [0.3, 0.4) is 0 Å². The molecular weight excluding hydrogens is 611 g/mol. The monoisotopic (exact) mass is 625 g/mol. The van der Waals surface area contributed by atoms with Crippen LogP contribution < -0.4 is 4.74 Å². The lowest BCUT2D eigenvalue weighted by molar-refractivity contribution is -0.149. The highest BCUT2D eigenvalue weighted by atomic mass is 79.9. The lowest BCUT2D eigenvalue weighted by atomic mass is 10.1. The first-order valence-corrected chi connectivity index (χ1v) is 12.2. The Morgan fingerprint density at radius 3 is 2.44 bits per heavy atom. The molecule has 1 saturated carbocycles. The van der Waals surface area contributed by atoms with Crippen molar-refractivity contribution in [2.24, 2.45) is 17.3 Å². The minimum atomic E-state index is -1.27. The summed E-state index contributed by atoms with van der Waals surface area (Å²) in [5.41, 5.74) is -0.166. The van der Waals surface area contributed by atoms with Crippen molar-refractivity contribution in [3.63, 3.8) is 0 Å².